The Hall–Kier alpha value is -2.57. The third-order valence-corrected chi connectivity index (χ3v) is 4.05. The lowest BCUT2D eigenvalue weighted by Crippen LogP contribution is -2.36. The van der Waals surface area contributed by atoms with Crippen LogP contribution in [0, 0.1) is 0 Å². The largest absolute Gasteiger partial charge is 0.497 e. The SMILES string of the molecule is COCc1cccc(NC(=O)NCC(c2cccc(OC)c2)N(C)C)c1. The van der Waals surface area contributed by atoms with E-state index in [4.69, 9.17) is 9.47 Å². The second-order valence-electron chi connectivity index (χ2n) is 6.22. The summed E-state index contributed by atoms with van der Waals surface area (Å²) in [6.45, 7) is 0.986. The van der Waals surface area contributed by atoms with Crippen LogP contribution in [0.3, 0.4) is 0 Å². The van der Waals surface area contributed by atoms with Crippen LogP contribution in [0.1, 0.15) is 17.2 Å². The number of amides is 2. The number of rotatable bonds is 8. The highest BCUT2D eigenvalue weighted by Gasteiger charge is 2.16. The molecule has 2 rings (SSSR count). The van der Waals surface area contributed by atoms with Crippen molar-refractivity contribution in [3.05, 3.63) is 59.7 Å². The first-order chi connectivity index (χ1) is 12.5. The van der Waals surface area contributed by atoms with Gasteiger partial charge < -0.3 is 25.0 Å². The normalized spacial score (nSPS) is 11.9. The summed E-state index contributed by atoms with van der Waals surface area (Å²) in [5.74, 6) is 0.800. The second kappa shape index (κ2) is 9.79. The summed E-state index contributed by atoms with van der Waals surface area (Å²) in [5.41, 5.74) is 2.82. The lowest BCUT2D eigenvalue weighted by Gasteiger charge is -2.25. The Balaban J connectivity index is 1.98. The van der Waals surface area contributed by atoms with Crippen LogP contribution in [0.25, 0.3) is 0 Å². The molecular weight excluding hydrogens is 330 g/mol. The van der Waals surface area contributed by atoms with Crippen molar-refractivity contribution < 1.29 is 14.3 Å². The smallest absolute Gasteiger partial charge is 0.319 e. The molecule has 2 aromatic rings. The Morgan fingerprint density at radius 1 is 1.12 bits per heavy atom. The number of methoxy groups -OCH3 is 2. The highest BCUT2D eigenvalue weighted by atomic mass is 16.5. The maximum Gasteiger partial charge on any atom is 0.319 e. The van der Waals surface area contributed by atoms with Crippen molar-refractivity contribution in [1.82, 2.24) is 10.2 Å². The highest BCUT2D eigenvalue weighted by Crippen LogP contribution is 2.22. The van der Waals surface area contributed by atoms with Crippen molar-refractivity contribution in [1.29, 1.82) is 0 Å². The van der Waals surface area contributed by atoms with Gasteiger partial charge in [-0.25, -0.2) is 4.79 Å². The van der Waals surface area contributed by atoms with Gasteiger partial charge >= 0.3 is 6.03 Å². The molecule has 0 heterocycles. The first-order valence-corrected chi connectivity index (χ1v) is 8.46. The van der Waals surface area contributed by atoms with Crippen LogP contribution in [0.5, 0.6) is 5.75 Å². The minimum absolute atomic E-state index is 0.0377. The van der Waals surface area contributed by atoms with E-state index in [0.29, 0.717) is 13.2 Å². The van der Waals surface area contributed by atoms with Crippen LogP contribution in [-0.2, 0) is 11.3 Å². The monoisotopic (exact) mass is 357 g/mol. The van der Waals surface area contributed by atoms with Crippen LogP contribution in [0.2, 0.25) is 0 Å². The van der Waals surface area contributed by atoms with Gasteiger partial charge in [-0.05, 0) is 49.5 Å². The molecule has 0 aliphatic carbocycles. The van der Waals surface area contributed by atoms with Gasteiger partial charge in [0.25, 0.3) is 0 Å². The van der Waals surface area contributed by atoms with Crippen molar-refractivity contribution in [3.63, 3.8) is 0 Å². The molecule has 0 radical (unpaired) electrons. The fourth-order valence-electron chi connectivity index (χ4n) is 2.72. The lowest BCUT2D eigenvalue weighted by molar-refractivity contribution is 0.185. The molecule has 1 atom stereocenters. The fraction of sp³-hybridized carbons (Fsp3) is 0.350. The molecule has 0 saturated carbocycles. The van der Waals surface area contributed by atoms with Gasteiger partial charge in [0.2, 0.25) is 0 Å². The molecule has 2 aromatic carbocycles. The number of anilines is 1. The first kappa shape index (κ1) is 19.8. The van der Waals surface area contributed by atoms with E-state index in [1.54, 1.807) is 14.2 Å². The van der Waals surface area contributed by atoms with Crippen LogP contribution in [-0.4, -0.2) is 45.8 Å². The predicted octanol–water partition coefficient (Wildman–Crippen LogP) is 3.27. The van der Waals surface area contributed by atoms with Crippen LogP contribution in [0.4, 0.5) is 10.5 Å². The molecule has 2 N–H and O–H groups in total. The number of urea groups is 1. The van der Waals surface area contributed by atoms with E-state index in [0.717, 1.165) is 22.6 Å². The van der Waals surface area contributed by atoms with Crippen molar-refractivity contribution >= 4 is 11.7 Å². The third-order valence-electron chi connectivity index (χ3n) is 4.05. The van der Waals surface area contributed by atoms with Crippen LogP contribution < -0.4 is 15.4 Å². The van der Waals surface area contributed by atoms with E-state index < -0.39 is 0 Å². The molecule has 0 saturated heterocycles. The van der Waals surface area contributed by atoms with E-state index in [9.17, 15) is 4.79 Å². The Morgan fingerprint density at radius 3 is 2.58 bits per heavy atom. The molecule has 0 spiro atoms. The van der Waals surface area contributed by atoms with Gasteiger partial charge in [0.15, 0.2) is 0 Å². The van der Waals surface area contributed by atoms with Gasteiger partial charge in [-0.1, -0.05) is 24.3 Å². The molecule has 140 valence electrons. The van der Waals surface area contributed by atoms with Crippen LogP contribution in [0.15, 0.2) is 48.5 Å². The van der Waals surface area contributed by atoms with Gasteiger partial charge in [0, 0.05) is 19.3 Å². The third kappa shape index (κ3) is 5.75. The van der Waals surface area contributed by atoms with Gasteiger partial charge in [-0.2, -0.15) is 0 Å². The van der Waals surface area contributed by atoms with E-state index in [-0.39, 0.29) is 12.1 Å². The summed E-state index contributed by atoms with van der Waals surface area (Å²) < 4.78 is 10.4. The zero-order valence-electron chi connectivity index (χ0n) is 15.8. The number of hydrogen-bond donors (Lipinski definition) is 2. The summed E-state index contributed by atoms with van der Waals surface area (Å²) in [6, 6.07) is 15.3. The molecule has 0 aromatic heterocycles. The molecule has 6 heteroatoms. The Labute approximate surface area is 155 Å². The van der Waals surface area contributed by atoms with E-state index >= 15 is 0 Å². The molecule has 1 unspecified atom stereocenters. The number of carbonyl (C=O) groups is 1. The zero-order valence-corrected chi connectivity index (χ0v) is 15.8. The molecule has 2 amide bonds. The van der Waals surface area contributed by atoms with Crippen molar-refractivity contribution in [2.45, 2.75) is 12.6 Å². The molecular formula is C20H27N3O3. The summed E-state index contributed by atoms with van der Waals surface area (Å²) in [7, 11) is 7.26. The summed E-state index contributed by atoms with van der Waals surface area (Å²) in [5, 5.41) is 5.80. The van der Waals surface area contributed by atoms with Gasteiger partial charge in [-0.15, -0.1) is 0 Å². The average Bonchev–Trinajstić information content (AvgIpc) is 2.62. The number of carbonyl (C=O) groups excluding carboxylic acids is 1. The van der Waals surface area contributed by atoms with E-state index in [2.05, 4.69) is 15.5 Å². The molecule has 6 nitrogen and oxygen atoms in total. The Kier molecular flexibility index (Phi) is 7.44. The quantitative estimate of drug-likeness (QED) is 0.761. The Bertz CT molecular complexity index is 719. The maximum absolute atomic E-state index is 12.3. The fourth-order valence-corrected chi connectivity index (χ4v) is 2.72. The number of nitrogens with zero attached hydrogens (tertiary/aromatic N) is 1. The molecule has 0 bridgehead atoms. The minimum atomic E-state index is -0.241. The summed E-state index contributed by atoms with van der Waals surface area (Å²) in [4.78, 5) is 14.3. The minimum Gasteiger partial charge on any atom is -0.497 e. The average molecular weight is 357 g/mol. The standard InChI is InChI=1S/C20H27N3O3/c1-23(2)19(16-8-6-10-18(12-16)26-4)13-21-20(24)22-17-9-5-7-15(11-17)14-25-3/h5-12,19H,13-14H2,1-4H3,(H2,21,22,24). The number of hydrogen-bond acceptors (Lipinski definition) is 4. The Morgan fingerprint density at radius 2 is 1.88 bits per heavy atom. The maximum atomic E-state index is 12.3. The number of likely N-dealkylation sites (N-methyl/N-ethyl adjacent to an activating group) is 1. The second-order valence-corrected chi connectivity index (χ2v) is 6.22. The highest BCUT2D eigenvalue weighted by molar-refractivity contribution is 5.89. The topological polar surface area (TPSA) is 62.8 Å². The van der Waals surface area contributed by atoms with Gasteiger partial charge in [-0.3, -0.25) is 0 Å². The van der Waals surface area contributed by atoms with E-state index in [1.165, 1.54) is 0 Å². The number of ether oxygens (including phenoxy) is 2. The van der Waals surface area contributed by atoms with Crippen molar-refractivity contribution in [3.8, 4) is 5.75 Å². The zero-order chi connectivity index (χ0) is 18.9. The number of nitrogens with one attached hydrogen (secondary N) is 2. The first-order valence-electron chi connectivity index (χ1n) is 8.46. The molecule has 26 heavy (non-hydrogen) atoms. The van der Waals surface area contributed by atoms with Crippen molar-refractivity contribution in [2.75, 3.05) is 40.2 Å². The number of benzene rings is 2. The lowest BCUT2D eigenvalue weighted by atomic mass is 10.1. The van der Waals surface area contributed by atoms with Crippen molar-refractivity contribution in [2.24, 2.45) is 0 Å². The van der Waals surface area contributed by atoms with Gasteiger partial charge in [0.05, 0.1) is 19.8 Å². The summed E-state index contributed by atoms with van der Waals surface area (Å²) in [6.07, 6.45) is 0. The van der Waals surface area contributed by atoms with Gasteiger partial charge in [0.1, 0.15) is 5.75 Å². The predicted molar refractivity (Wildman–Crippen MR) is 104 cm³/mol. The molecule has 0 fully saturated rings. The molecule has 0 aliphatic heterocycles. The van der Waals surface area contributed by atoms with E-state index in [1.807, 2.05) is 62.6 Å². The molecule has 0 aliphatic rings. The van der Waals surface area contributed by atoms with Crippen LogP contribution >= 0.6 is 0 Å². The summed E-state index contributed by atoms with van der Waals surface area (Å²) >= 11 is 0.